The monoisotopic (exact) mass is 205 g/mol. The number of aliphatic hydroxyl groups excluding tert-OH is 1. The van der Waals surface area contributed by atoms with Gasteiger partial charge < -0.3 is 10.4 Å². The SMILES string of the molecule is OC(CNC1CC2CCC1C2)C(F)F. The van der Waals surface area contributed by atoms with Crippen molar-refractivity contribution in [3.05, 3.63) is 0 Å². The third-order valence-corrected chi connectivity index (χ3v) is 3.62. The molecular formula is C10H17F2NO. The normalized spacial score (nSPS) is 38.1. The number of alkyl halides is 2. The Labute approximate surface area is 82.7 Å². The number of nitrogens with one attached hydrogen (secondary N) is 1. The van der Waals surface area contributed by atoms with Crippen LogP contribution in [0.1, 0.15) is 25.7 Å². The molecule has 2 nitrogen and oxygen atoms in total. The van der Waals surface area contributed by atoms with Gasteiger partial charge in [-0.05, 0) is 31.1 Å². The van der Waals surface area contributed by atoms with Crippen LogP contribution in [-0.4, -0.2) is 30.2 Å². The van der Waals surface area contributed by atoms with E-state index >= 15 is 0 Å². The summed E-state index contributed by atoms with van der Waals surface area (Å²) in [5.74, 6) is 1.48. The van der Waals surface area contributed by atoms with Gasteiger partial charge in [-0.2, -0.15) is 0 Å². The summed E-state index contributed by atoms with van der Waals surface area (Å²) in [6.07, 6.45) is 0.770. The maximum Gasteiger partial charge on any atom is 0.265 e. The van der Waals surface area contributed by atoms with Gasteiger partial charge in [0.25, 0.3) is 6.43 Å². The second kappa shape index (κ2) is 4.11. The minimum absolute atomic E-state index is 0.0333. The van der Waals surface area contributed by atoms with Crippen LogP contribution in [0, 0.1) is 11.8 Å². The first-order valence-electron chi connectivity index (χ1n) is 5.36. The number of fused-ring (bicyclic) bond motifs is 2. The molecule has 0 amide bonds. The van der Waals surface area contributed by atoms with Gasteiger partial charge in [0.05, 0.1) is 0 Å². The van der Waals surface area contributed by atoms with E-state index < -0.39 is 12.5 Å². The van der Waals surface area contributed by atoms with Gasteiger partial charge in [-0.15, -0.1) is 0 Å². The highest BCUT2D eigenvalue weighted by Crippen LogP contribution is 2.44. The van der Waals surface area contributed by atoms with E-state index in [0.717, 1.165) is 12.3 Å². The Balaban J connectivity index is 1.71. The predicted molar refractivity (Wildman–Crippen MR) is 49.2 cm³/mol. The van der Waals surface area contributed by atoms with Crippen molar-refractivity contribution < 1.29 is 13.9 Å². The highest BCUT2D eigenvalue weighted by molar-refractivity contribution is 4.94. The molecule has 0 saturated heterocycles. The second-order valence-corrected chi connectivity index (χ2v) is 4.59. The quantitative estimate of drug-likeness (QED) is 0.727. The van der Waals surface area contributed by atoms with Crippen LogP contribution in [0.2, 0.25) is 0 Å². The third-order valence-electron chi connectivity index (χ3n) is 3.62. The Morgan fingerprint density at radius 1 is 1.29 bits per heavy atom. The first kappa shape index (κ1) is 10.3. The topological polar surface area (TPSA) is 32.3 Å². The number of hydrogen-bond acceptors (Lipinski definition) is 2. The fourth-order valence-corrected chi connectivity index (χ4v) is 2.86. The van der Waals surface area contributed by atoms with E-state index in [1.54, 1.807) is 0 Å². The molecule has 2 aliphatic rings. The van der Waals surface area contributed by atoms with Gasteiger partial charge in [-0.25, -0.2) is 8.78 Å². The molecule has 2 bridgehead atoms. The Bertz CT molecular complexity index is 201. The Hall–Kier alpha value is -0.220. The van der Waals surface area contributed by atoms with E-state index in [9.17, 15) is 8.78 Å². The molecule has 2 rings (SSSR count). The summed E-state index contributed by atoms with van der Waals surface area (Å²) in [5.41, 5.74) is 0. The molecule has 2 N–H and O–H groups in total. The summed E-state index contributed by atoms with van der Waals surface area (Å²) in [4.78, 5) is 0. The molecular weight excluding hydrogens is 188 g/mol. The van der Waals surface area contributed by atoms with Crippen molar-refractivity contribution in [1.82, 2.24) is 5.32 Å². The first-order valence-corrected chi connectivity index (χ1v) is 5.36. The lowest BCUT2D eigenvalue weighted by Crippen LogP contribution is -2.41. The van der Waals surface area contributed by atoms with Crippen molar-refractivity contribution in [2.24, 2.45) is 11.8 Å². The number of rotatable bonds is 4. The first-order chi connectivity index (χ1) is 6.66. The standard InChI is InChI=1S/C10H17F2NO/c11-10(12)9(14)5-13-8-4-6-1-2-7(8)3-6/h6-10,13-14H,1-5H2. The molecule has 4 unspecified atom stereocenters. The molecule has 0 aromatic heterocycles. The van der Waals surface area contributed by atoms with Crippen LogP contribution in [0.4, 0.5) is 8.78 Å². The van der Waals surface area contributed by atoms with Gasteiger partial charge in [0, 0.05) is 12.6 Å². The summed E-state index contributed by atoms with van der Waals surface area (Å²) < 4.78 is 24.0. The maximum atomic E-state index is 12.0. The van der Waals surface area contributed by atoms with Crippen LogP contribution < -0.4 is 5.32 Å². The largest absolute Gasteiger partial charge is 0.386 e. The second-order valence-electron chi connectivity index (χ2n) is 4.59. The van der Waals surface area contributed by atoms with E-state index in [1.165, 1.54) is 19.3 Å². The zero-order chi connectivity index (χ0) is 10.1. The lowest BCUT2D eigenvalue weighted by molar-refractivity contribution is -0.00548. The van der Waals surface area contributed by atoms with Gasteiger partial charge >= 0.3 is 0 Å². The van der Waals surface area contributed by atoms with Crippen LogP contribution in [0.25, 0.3) is 0 Å². The zero-order valence-electron chi connectivity index (χ0n) is 8.13. The van der Waals surface area contributed by atoms with Crippen LogP contribution in [0.3, 0.4) is 0 Å². The molecule has 2 aliphatic carbocycles. The highest BCUT2D eigenvalue weighted by Gasteiger charge is 2.39. The molecule has 4 atom stereocenters. The summed E-state index contributed by atoms with van der Waals surface area (Å²) in [6, 6.07) is 0.377. The minimum atomic E-state index is -2.62. The van der Waals surface area contributed by atoms with Crippen LogP contribution in [-0.2, 0) is 0 Å². The number of aliphatic hydroxyl groups is 1. The lowest BCUT2D eigenvalue weighted by atomic mass is 9.95. The molecule has 0 spiro atoms. The van der Waals surface area contributed by atoms with E-state index in [-0.39, 0.29) is 6.54 Å². The molecule has 2 saturated carbocycles. The average molecular weight is 205 g/mol. The van der Waals surface area contributed by atoms with E-state index in [4.69, 9.17) is 5.11 Å². The molecule has 0 aromatic rings. The van der Waals surface area contributed by atoms with Crippen molar-refractivity contribution in [2.45, 2.75) is 44.3 Å². The Morgan fingerprint density at radius 2 is 2.07 bits per heavy atom. The van der Waals surface area contributed by atoms with E-state index in [0.29, 0.717) is 12.0 Å². The third kappa shape index (κ3) is 2.06. The van der Waals surface area contributed by atoms with Gasteiger partial charge in [0.15, 0.2) is 0 Å². The van der Waals surface area contributed by atoms with Crippen molar-refractivity contribution in [3.8, 4) is 0 Å². The van der Waals surface area contributed by atoms with Gasteiger partial charge in [0.2, 0.25) is 0 Å². The molecule has 0 aromatic carbocycles. The molecule has 4 heteroatoms. The van der Waals surface area contributed by atoms with Crippen molar-refractivity contribution in [2.75, 3.05) is 6.54 Å². The summed E-state index contributed by atoms with van der Waals surface area (Å²) in [6.45, 7) is 0.0333. The lowest BCUT2D eigenvalue weighted by Gasteiger charge is -2.24. The fraction of sp³-hybridized carbons (Fsp3) is 1.00. The average Bonchev–Trinajstić information content (AvgIpc) is 2.74. The minimum Gasteiger partial charge on any atom is -0.386 e. The highest BCUT2D eigenvalue weighted by atomic mass is 19.3. The van der Waals surface area contributed by atoms with Crippen molar-refractivity contribution in [1.29, 1.82) is 0 Å². The van der Waals surface area contributed by atoms with Gasteiger partial charge in [-0.1, -0.05) is 6.42 Å². The predicted octanol–water partition coefficient (Wildman–Crippen LogP) is 1.39. The van der Waals surface area contributed by atoms with Crippen molar-refractivity contribution in [3.63, 3.8) is 0 Å². The summed E-state index contributed by atoms with van der Waals surface area (Å²) >= 11 is 0. The number of hydrogen-bond donors (Lipinski definition) is 2. The molecule has 2 fully saturated rings. The van der Waals surface area contributed by atoms with E-state index in [2.05, 4.69) is 5.32 Å². The fourth-order valence-electron chi connectivity index (χ4n) is 2.86. The van der Waals surface area contributed by atoms with Crippen molar-refractivity contribution >= 4 is 0 Å². The Morgan fingerprint density at radius 3 is 2.57 bits per heavy atom. The molecule has 0 heterocycles. The summed E-state index contributed by atoms with van der Waals surface area (Å²) in [7, 11) is 0. The van der Waals surface area contributed by atoms with E-state index in [1.807, 2.05) is 0 Å². The van der Waals surface area contributed by atoms with Crippen LogP contribution in [0.15, 0.2) is 0 Å². The van der Waals surface area contributed by atoms with Gasteiger partial charge in [-0.3, -0.25) is 0 Å². The van der Waals surface area contributed by atoms with Crippen LogP contribution >= 0.6 is 0 Å². The number of halogens is 2. The molecule has 0 radical (unpaired) electrons. The summed E-state index contributed by atoms with van der Waals surface area (Å²) in [5, 5.41) is 12.0. The smallest absolute Gasteiger partial charge is 0.265 e. The molecule has 0 aliphatic heterocycles. The van der Waals surface area contributed by atoms with Crippen LogP contribution in [0.5, 0.6) is 0 Å². The Kier molecular flexibility index (Phi) is 3.02. The zero-order valence-corrected chi connectivity index (χ0v) is 8.13. The molecule has 82 valence electrons. The maximum absolute atomic E-state index is 12.0. The molecule has 14 heavy (non-hydrogen) atoms. The van der Waals surface area contributed by atoms with Gasteiger partial charge in [0.1, 0.15) is 6.10 Å².